The summed E-state index contributed by atoms with van der Waals surface area (Å²) in [6, 6.07) is 2.65. The van der Waals surface area contributed by atoms with Crippen LogP contribution in [0.1, 0.15) is 21.5 Å². The zero-order chi connectivity index (χ0) is 13.0. The smallest absolute Gasteiger partial charge is 0.387 e. The maximum atomic E-state index is 12.1. The minimum Gasteiger partial charge on any atom is -0.465 e. The Kier molecular flexibility index (Phi) is 4.69. The van der Waals surface area contributed by atoms with Crippen molar-refractivity contribution >= 4 is 17.6 Å². The molecule has 3 nitrogen and oxygen atoms in total. The molecule has 0 aliphatic carbocycles. The van der Waals surface area contributed by atoms with Gasteiger partial charge >= 0.3 is 12.6 Å². The molecule has 0 amide bonds. The molecule has 0 fully saturated rings. The second kappa shape index (κ2) is 5.82. The molecule has 0 aliphatic rings. The number of methoxy groups -OCH3 is 1. The lowest BCUT2D eigenvalue weighted by atomic mass is 10.0. The van der Waals surface area contributed by atoms with Gasteiger partial charge in [-0.2, -0.15) is 8.78 Å². The first-order valence-electron chi connectivity index (χ1n) is 4.72. The van der Waals surface area contributed by atoms with Gasteiger partial charge in [-0.25, -0.2) is 4.79 Å². The highest BCUT2D eigenvalue weighted by Gasteiger charge is 2.17. The molecule has 0 saturated carbocycles. The number of halogens is 3. The molecule has 1 aromatic carbocycles. The van der Waals surface area contributed by atoms with Crippen LogP contribution in [0.3, 0.4) is 0 Å². The molecule has 0 saturated heterocycles. The number of hydrogen-bond donors (Lipinski definition) is 0. The third-order valence-electron chi connectivity index (χ3n) is 2.15. The topological polar surface area (TPSA) is 35.5 Å². The number of carbonyl (C=O) groups is 1. The number of benzene rings is 1. The van der Waals surface area contributed by atoms with E-state index < -0.39 is 12.6 Å². The summed E-state index contributed by atoms with van der Waals surface area (Å²) in [5, 5.41) is 0. The lowest BCUT2D eigenvalue weighted by Gasteiger charge is -2.12. The minimum absolute atomic E-state index is 0.00567. The first-order chi connectivity index (χ1) is 7.99. The van der Waals surface area contributed by atoms with E-state index in [1.807, 2.05) is 0 Å². The molecule has 0 N–H and O–H groups in total. The highest BCUT2D eigenvalue weighted by Crippen LogP contribution is 2.25. The van der Waals surface area contributed by atoms with Gasteiger partial charge in [0.25, 0.3) is 0 Å². The standard InChI is InChI=1S/C11H11ClF2O3/c1-6-3-8(17-11(13)14)4-7(5-12)9(6)10(15)16-2/h3-4,11H,5H2,1-2H3. The van der Waals surface area contributed by atoms with E-state index in [2.05, 4.69) is 9.47 Å². The van der Waals surface area contributed by atoms with Crippen molar-refractivity contribution in [2.75, 3.05) is 7.11 Å². The number of rotatable bonds is 4. The van der Waals surface area contributed by atoms with Crippen molar-refractivity contribution in [2.45, 2.75) is 19.4 Å². The van der Waals surface area contributed by atoms with E-state index in [4.69, 9.17) is 11.6 Å². The van der Waals surface area contributed by atoms with E-state index in [-0.39, 0.29) is 17.2 Å². The van der Waals surface area contributed by atoms with E-state index >= 15 is 0 Å². The van der Waals surface area contributed by atoms with Crippen LogP contribution in [0, 0.1) is 6.92 Å². The molecule has 0 aromatic heterocycles. The van der Waals surface area contributed by atoms with Crippen LogP contribution >= 0.6 is 11.6 Å². The quantitative estimate of drug-likeness (QED) is 0.619. The average molecular weight is 265 g/mol. The van der Waals surface area contributed by atoms with Crippen molar-refractivity contribution in [1.29, 1.82) is 0 Å². The number of esters is 1. The second-order valence-corrected chi connectivity index (χ2v) is 3.55. The summed E-state index contributed by atoms with van der Waals surface area (Å²) in [7, 11) is 1.24. The van der Waals surface area contributed by atoms with Crippen LogP contribution < -0.4 is 4.74 Å². The summed E-state index contributed by atoms with van der Waals surface area (Å²) in [6.07, 6.45) is 0. The van der Waals surface area contributed by atoms with Crippen molar-refractivity contribution in [3.05, 3.63) is 28.8 Å². The van der Waals surface area contributed by atoms with Gasteiger partial charge in [-0.15, -0.1) is 11.6 Å². The molecule has 17 heavy (non-hydrogen) atoms. The van der Waals surface area contributed by atoms with Crippen LogP contribution in [0.4, 0.5) is 8.78 Å². The van der Waals surface area contributed by atoms with E-state index in [0.29, 0.717) is 11.1 Å². The molecule has 1 rings (SSSR count). The Morgan fingerprint density at radius 3 is 2.59 bits per heavy atom. The summed E-state index contributed by atoms with van der Waals surface area (Å²) in [6.45, 7) is -1.32. The SMILES string of the molecule is COC(=O)c1c(C)cc(OC(F)F)cc1CCl. The third-order valence-corrected chi connectivity index (χ3v) is 2.44. The fourth-order valence-electron chi connectivity index (χ4n) is 1.49. The molecule has 0 bridgehead atoms. The van der Waals surface area contributed by atoms with Gasteiger partial charge in [-0.3, -0.25) is 0 Å². The van der Waals surface area contributed by atoms with E-state index in [1.165, 1.54) is 19.2 Å². The van der Waals surface area contributed by atoms with Crippen molar-refractivity contribution < 1.29 is 23.0 Å². The molecular weight excluding hydrogens is 254 g/mol. The molecule has 0 radical (unpaired) electrons. The van der Waals surface area contributed by atoms with E-state index in [0.717, 1.165) is 0 Å². The maximum absolute atomic E-state index is 12.1. The van der Waals surface area contributed by atoms with Gasteiger partial charge in [0.1, 0.15) is 5.75 Å². The monoisotopic (exact) mass is 264 g/mol. The Balaban J connectivity index is 3.20. The van der Waals surface area contributed by atoms with Crippen molar-refractivity contribution in [1.82, 2.24) is 0 Å². The fourth-order valence-corrected chi connectivity index (χ4v) is 1.71. The summed E-state index contributed by atoms with van der Waals surface area (Å²) < 4.78 is 33.0. The molecule has 0 unspecified atom stereocenters. The Morgan fingerprint density at radius 1 is 1.47 bits per heavy atom. The van der Waals surface area contributed by atoms with Crippen LogP contribution in [-0.4, -0.2) is 19.7 Å². The molecule has 0 heterocycles. The average Bonchev–Trinajstić information content (AvgIpc) is 2.26. The summed E-state index contributed by atoms with van der Waals surface area (Å²) in [5.74, 6) is -0.575. The first-order valence-corrected chi connectivity index (χ1v) is 5.25. The van der Waals surface area contributed by atoms with Crippen molar-refractivity contribution in [2.24, 2.45) is 0 Å². The first kappa shape index (κ1) is 13.7. The zero-order valence-electron chi connectivity index (χ0n) is 9.30. The highest BCUT2D eigenvalue weighted by molar-refractivity contribution is 6.17. The van der Waals surface area contributed by atoms with Gasteiger partial charge in [0.05, 0.1) is 12.7 Å². The van der Waals surface area contributed by atoms with Crippen LogP contribution in [0.15, 0.2) is 12.1 Å². The predicted octanol–water partition coefficient (Wildman–Crippen LogP) is 3.12. The Bertz CT molecular complexity index is 421. The normalized spacial score (nSPS) is 10.5. The molecule has 0 aliphatic heterocycles. The fraction of sp³-hybridized carbons (Fsp3) is 0.364. The third kappa shape index (κ3) is 3.30. The molecule has 1 aromatic rings. The summed E-state index contributed by atoms with van der Waals surface area (Å²) in [5.41, 5.74) is 1.16. The van der Waals surface area contributed by atoms with Crippen LogP contribution in [0.25, 0.3) is 0 Å². The molecule has 94 valence electrons. The number of carbonyl (C=O) groups excluding carboxylic acids is 1. The van der Waals surface area contributed by atoms with Gasteiger partial charge in [0, 0.05) is 5.88 Å². The van der Waals surface area contributed by atoms with E-state index in [1.54, 1.807) is 6.92 Å². The van der Waals surface area contributed by atoms with Gasteiger partial charge in [0.2, 0.25) is 0 Å². The lowest BCUT2D eigenvalue weighted by molar-refractivity contribution is -0.0499. The summed E-state index contributed by atoms with van der Waals surface area (Å²) >= 11 is 5.66. The summed E-state index contributed by atoms with van der Waals surface area (Å²) in [4.78, 5) is 11.5. The minimum atomic E-state index is -2.92. The number of aryl methyl sites for hydroxylation is 1. The second-order valence-electron chi connectivity index (χ2n) is 3.28. The molecular formula is C11H11ClF2O3. The van der Waals surface area contributed by atoms with Gasteiger partial charge in [0.15, 0.2) is 0 Å². The van der Waals surface area contributed by atoms with Gasteiger partial charge in [-0.05, 0) is 30.2 Å². The van der Waals surface area contributed by atoms with E-state index in [9.17, 15) is 13.6 Å². The zero-order valence-corrected chi connectivity index (χ0v) is 10.1. The predicted molar refractivity (Wildman–Crippen MR) is 58.7 cm³/mol. The van der Waals surface area contributed by atoms with Gasteiger partial charge < -0.3 is 9.47 Å². The molecule has 0 atom stereocenters. The number of hydrogen-bond acceptors (Lipinski definition) is 3. The van der Waals surface area contributed by atoms with Crippen molar-refractivity contribution in [3.8, 4) is 5.75 Å². The number of ether oxygens (including phenoxy) is 2. The number of alkyl halides is 3. The van der Waals surface area contributed by atoms with Gasteiger partial charge in [-0.1, -0.05) is 0 Å². The Morgan fingerprint density at radius 2 is 2.12 bits per heavy atom. The van der Waals surface area contributed by atoms with Crippen molar-refractivity contribution in [3.63, 3.8) is 0 Å². The van der Waals surface area contributed by atoms with Crippen LogP contribution in [-0.2, 0) is 10.6 Å². The lowest BCUT2D eigenvalue weighted by Crippen LogP contribution is -2.09. The molecule has 6 heteroatoms. The highest BCUT2D eigenvalue weighted by atomic mass is 35.5. The van der Waals surface area contributed by atoms with Crippen LogP contribution in [0.2, 0.25) is 0 Å². The largest absolute Gasteiger partial charge is 0.465 e. The Hall–Kier alpha value is -1.36. The molecule has 0 spiro atoms. The Labute approximate surface area is 102 Å². The maximum Gasteiger partial charge on any atom is 0.387 e. The van der Waals surface area contributed by atoms with Crippen LogP contribution in [0.5, 0.6) is 5.75 Å².